The zero-order valence-corrected chi connectivity index (χ0v) is 9.14. The van der Waals surface area contributed by atoms with E-state index in [1.165, 1.54) is 0 Å². The van der Waals surface area contributed by atoms with Gasteiger partial charge in [-0.3, -0.25) is 4.90 Å². The Kier molecular flexibility index (Phi) is 3.97. The van der Waals surface area contributed by atoms with Gasteiger partial charge in [-0.05, 0) is 6.54 Å². The topological polar surface area (TPSA) is 46.6 Å². The molecule has 0 spiro atoms. The first kappa shape index (κ1) is 11.2. The molecule has 6 heteroatoms. The summed E-state index contributed by atoms with van der Waals surface area (Å²) in [5.41, 5.74) is 0. The van der Waals surface area contributed by atoms with Crippen molar-refractivity contribution < 1.29 is 13.2 Å². The molecule has 0 aromatic heterocycles. The second-order valence-corrected chi connectivity index (χ2v) is 5.91. The van der Waals surface area contributed by atoms with Crippen LogP contribution >= 0.6 is 10.7 Å². The van der Waals surface area contributed by atoms with Crippen LogP contribution in [0.4, 0.5) is 0 Å². The van der Waals surface area contributed by atoms with Crippen LogP contribution in [0.2, 0.25) is 0 Å². The van der Waals surface area contributed by atoms with Crippen LogP contribution in [0, 0.1) is 0 Å². The minimum absolute atomic E-state index is 0.0922. The van der Waals surface area contributed by atoms with Gasteiger partial charge < -0.3 is 4.74 Å². The maximum atomic E-state index is 10.8. The second kappa shape index (κ2) is 4.59. The fourth-order valence-electron chi connectivity index (χ4n) is 1.39. The zero-order valence-electron chi connectivity index (χ0n) is 7.57. The summed E-state index contributed by atoms with van der Waals surface area (Å²) < 4.78 is 26.8. The minimum Gasteiger partial charge on any atom is -0.374 e. The summed E-state index contributed by atoms with van der Waals surface area (Å²) in [7, 11) is 1.70. The highest BCUT2D eigenvalue weighted by Crippen LogP contribution is 2.09. The normalized spacial score (nSPS) is 26.2. The lowest BCUT2D eigenvalue weighted by atomic mass is 10.3. The van der Waals surface area contributed by atoms with E-state index >= 15 is 0 Å². The van der Waals surface area contributed by atoms with E-state index in [4.69, 9.17) is 15.4 Å². The first-order valence-corrected chi connectivity index (χ1v) is 6.75. The van der Waals surface area contributed by atoms with Crippen LogP contribution in [-0.4, -0.2) is 51.4 Å². The molecular weight excluding hydrogens is 214 g/mol. The zero-order chi connectivity index (χ0) is 9.90. The monoisotopic (exact) mass is 227 g/mol. The van der Waals surface area contributed by atoms with Crippen LogP contribution in [0.3, 0.4) is 0 Å². The summed E-state index contributed by atoms with van der Waals surface area (Å²) in [6.07, 6.45) is -0.267. The van der Waals surface area contributed by atoms with Gasteiger partial charge in [-0.1, -0.05) is 6.92 Å². The smallest absolute Gasteiger partial charge is 0.235 e. The van der Waals surface area contributed by atoms with Crippen LogP contribution in [0.15, 0.2) is 0 Å². The highest BCUT2D eigenvalue weighted by atomic mass is 35.7. The Morgan fingerprint density at radius 3 is 2.85 bits per heavy atom. The molecule has 0 N–H and O–H groups in total. The van der Waals surface area contributed by atoms with Crippen LogP contribution in [-0.2, 0) is 13.8 Å². The number of likely N-dealkylation sites (N-methyl/N-ethyl adjacent to an activating group) is 1. The molecule has 0 radical (unpaired) electrons. The van der Waals surface area contributed by atoms with Crippen molar-refractivity contribution in [2.45, 2.75) is 13.0 Å². The van der Waals surface area contributed by atoms with E-state index in [1.807, 2.05) is 6.92 Å². The molecule has 78 valence electrons. The Labute approximate surface area is 83.2 Å². The standard InChI is InChI=1S/C7H14ClNO3S/c1-2-9-3-4-12-7(5-9)6-13(8,10)11/h7H,2-6H2,1H3. The third-order valence-electron chi connectivity index (χ3n) is 2.06. The molecule has 0 bridgehead atoms. The molecule has 1 heterocycles. The summed E-state index contributed by atoms with van der Waals surface area (Å²) in [5.74, 6) is -0.0922. The SMILES string of the molecule is CCN1CCOC(CS(=O)(=O)Cl)C1. The van der Waals surface area contributed by atoms with E-state index in [-0.39, 0.29) is 11.9 Å². The Balaban J connectivity index is 2.43. The van der Waals surface area contributed by atoms with Gasteiger partial charge in [0.2, 0.25) is 9.05 Å². The van der Waals surface area contributed by atoms with Crippen molar-refractivity contribution in [3.05, 3.63) is 0 Å². The number of halogens is 1. The molecule has 0 amide bonds. The van der Waals surface area contributed by atoms with Crippen LogP contribution in [0.5, 0.6) is 0 Å². The van der Waals surface area contributed by atoms with Gasteiger partial charge in [-0.15, -0.1) is 0 Å². The van der Waals surface area contributed by atoms with E-state index in [9.17, 15) is 8.42 Å². The van der Waals surface area contributed by atoms with Crippen LogP contribution in [0.25, 0.3) is 0 Å². The van der Waals surface area contributed by atoms with Crippen molar-refractivity contribution in [2.24, 2.45) is 0 Å². The Bertz CT molecular complexity index is 254. The lowest BCUT2D eigenvalue weighted by molar-refractivity contribution is -0.0143. The minimum atomic E-state index is -3.43. The van der Waals surface area contributed by atoms with Crippen molar-refractivity contribution in [2.75, 3.05) is 32.0 Å². The van der Waals surface area contributed by atoms with E-state index in [0.717, 1.165) is 13.1 Å². The lowest BCUT2D eigenvalue weighted by Gasteiger charge is -2.31. The van der Waals surface area contributed by atoms with Gasteiger partial charge in [0.25, 0.3) is 0 Å². The average Bonchev–Trinajstić information content (AvgIpc) is 2.01. The Morgan fingerprint density at radius 1 is 1.62 bits per heavy atom. The quantitative estimate of drug-likeness (QED) is 0.650. The molecule has 0 aliphatic carbocycles. The predicted octanol–water partition coefficient (Wildman–Crippen LogP) is 0.276. The van der Waals surface area contributed by atoms with Crippen molar-refractivity contribution in [1.82, 2.24) is 4.90 Å². The number of morpholine rings is 1. The first-order valence-electron chi connectivity index (χ1n) is 4.27. The van der Waals surface area contributed by atoms with Crippen molar-refractivity contribution in [3.8, 4) is 0 Å². The van der Waals surface area contributed by atoms with Gasteiger partial charge in [-0.2, -0.15) is 0 Å². The number of hydrogen-bond donors (Lipinski definition) is 0. The van der Waals surface area contributed by atoms with Crippen LogP contribution < -0.4 is 0 Å². The molecule has 1 aliphatic heterocycles. The molecule has 0 saturated carbocycles. The van der Waals surface area contributed by atoms with E-state index in [1.54, 1.807) is 0 Å². The summed E-state index contributed by atoms with van der Waals surface area (Å²) >= 11 is 0. The summed E-state index contributed by atoms with van der Waals surface area (Å²) in [6.45, 7) is 5.07. The first-order chi connectivity index (χ1) is 6.01. The van der Waals surface area contributed by atoms with Crippen LogP contribution in [0.1, 0.15) is 6.92 Å². The number of hydrogen-bond acceptors (Lipinski definition) is 4. The maximum absolute atomic E-state index is 10.8. The molecule has 4 nitrogen and oxygen atoms in total. The lowest BCUT2D eigenvalue weighted by Crippen LogP contribution is -2.44. The highest BCUT2D eigenvalue weighted by Gasteiger charge is 2.23. The van der Waals surface area contributed by atoms with E-state index in [2.05, 4.69) is 4.90 Å². The molecule has 1 aliphatic rings. The number of nitrogens with zero attached hydrogens (tertiary/aromatic N) is 1. The molecule has 0 aromatic rings. The summed E-state index contributed by atoms with van der Waals surface area (Å²) in [5, 5.41) is 0. The predicted molar refractivity (Wildman–Crippen MR) is 51.5 cm³/mol. The van der Waals surface area contributed by atoms with Gasteiger partial charge in [0.15, 0.2) is 0 Å². The van der Waals surface area contributed by atoms with Gasteiger partial charge in [0, 0.05) is 23.8 Å². The van der Waals surface area contributed by atoms with Crippen molar-refractivity contribution >= 4 is 19.7 Å². The molecule has 13 heavy (non-hydrogen) atoms. The number of ether oxygens (including phenoxy) is 1. The fraction of sp³-hybridized carbons (Fsp3) is 1.00. The summed E-state index contributed by atoms with van der Waals surface area (Å²) in [4.78, 5) is 2.15. The molecule has 1 saturated heterocycles. The molecule has 1 rings (SSSR count). The van der Waals surface area contributed by atoms with Gasteiger partial charge in [0.1, 0.15) is 0 Å². The molecule has 1 unspecified atom stereocenters. The highest BCUT2D eigenvalue weighted by molar-refractivity contribution is 8.13. The molecular formula is C7H14ClNO3S. The molecule has 1 atom stereocenters. The van der Waals surface area contributed by atoms with Crippen molar-refractivity contribution in [1.29, 1.82) is 0 Å². The average molecular weight is 228 g/mol. The molecule has 1 fully saturated rings. The van der Waals surface area contributed by atoms with E-state index in [0.29, 0.717) is 13.2 Å². The van der Waals surface area contributed by atoms with Crippen molar-refractivity contribution in [3.63, 3.8) is 0 Å². The number of rotatable bonds is 3. The Morgan fingerprint density at radius 2 is 2.31 bits per heavy atom. The largest absolute Gasteiger partial charge is 0.374 e. The third kappa shape index (κ3) is 4.26. The van der Waals surface area contributed by atoms with Gasteiger partial charge in [0.05, 0.1) is 18.5 Å². The third-order valence-corrected chi connectivity index (χ3v) is 3.20. The second-order valence-electron chi connectivity index (χ2n) is 3.09. The fourth-order valence-corrected chi connectivity index (χ4v) is 2.46. The van der Waals surface area contributed by atoms with Gasteiger partial charge in [-0.25, -0.2) is 8.42 Å². The Hall–Kier alpha value is 0.160. The van der Waals surface area contributed by atoms with Gasteiger partial charge >= 0.3 is 0 Å². The molecule has 0 aromatic carbocycles. The van der Waals surface area contributed by atoms with E-state index < -0.39 is 9.05 Å². The summed E-state index contributed by atoms with van der Waals surface area (Å²) in [6, 6.07) is 0. The maximum Gasteiger partial charge on any atom is 0.235 e.